The third-order valence-corrected chi connectivity index (χ3v) is 7.26. The second-order valence-electron chi connectivity index (χ2n) is 7.85. The topological polar surface area (TPSA) is 93.0 Å². The van der Waals surface area contributed by atoms with E-state index < -0.39 is 10.0 Å². The number of hydrogen-bond donors (Lipinski definition) is 1. The molecular weight excluding hydrogens is 419 g/mol. The van der Waals surface area contributed by atoms with Crippen molar-refractivity contribution in [3.63, 3.8) is 0 Å². The van der Waals surface area contributed by atoms with Crippen LogP contribution < -0.4 is 5.32 Å². The zero-order valence-electron chi connectivity index (χ0n) is 17.5. The van der Waals surface area contributed by atoms with E-state index in [1.807, 2.05) is 0 Å². The number of aromatic nitrogens is 4. The number of nitrogens with one attached hydrogen (secondary N) is 1. The molecule has 0 amide bonds. The van der Waals surface area contributed by atoms with Gasteiger partial charge in [-0.2, -0.15) is 0 Å². The molecule has 0 radical (unpaired) electrons. The Hall–Kier alpha value is -2.85. The summed E-state index contributed by atoms with van der Waals surface area (Å²) in [6, 6.07) is 11.0. The molecule has 1 aliphatic carbocycles. The van der Waals surface area contributed by atoms with Crippen molar-refractivity contribution in [2.75, 3.05) is 19.4 Å². The van der Waals surface area contributed by atoms with Gasteiger partial charge in [0.15, 0.2) is 0 Å². The molecule has 1 heterocycles. The molecule has 31 heavy (non-hydrogen) atoms. The summed E-state index contributed by atoms with van der Waals surface area (Å²) in [7, 11) is -0.642. The molecule has 164 valence electrons. The van der Waals surface area contributed by atoms with E-state index in [9.17, 15) is 12.8 Å². The van der Waals surface area contributed by atoms with E-state index in [4.69, 9.17) is 0 Å². The molecule has 8 nitrogen and oxygen atoms in total. The van der Waals surface area contributed by atoms with Crippen LogP contribution in [0.4, 0.5) is 10.1 Å². The summed E-state index contributed by atoms with van der Waals surface area (Å²) < 4.78 is 39.8. The lowest BCUT2D eigenvalue weighted by molar-refractivity contribution is 0.463. The van der Waals surface area contributed by atoms with Gasteiger partial charge in [-0.25, -0.2) is 17.1 Å². The van der Waals surface area contributed by atoms with E-state index in [-0.39, 0.29) is 10.7 Å². The summed E-state index contributed by atoms with van der Waals surface area (Å²) in [5.41, 5.74) is 1.88. The van der Waals surface area contributed by atoms with Crippen LogP contribution in [0.1, 0.15) is 32.1 Å². The zero-order chi connectivity index (χ0) is 22.0. The number of rotatable bonds is 6. The maximum Gasteiger partial charge on any atom is 0.242 e. The minimum absolute atomic E-state index is 0.153. The molecule has 1 N–H and O–H groups in total. The predicted molar refractivity (Wildman–Crippen MR) is 116 cm³/mol. The Morgan fingerprint density at radius 1 is 1.06 bits per heavy atom. The van der Waals surface area contributed by atoms with Crippen LogP contribution >= 0.6 is 0 Å². The van der Waals surface area contributed by atoms with Crippen LogP contribution in [-0.2, 0) is 10.0 Å². The van der Waals surface area contributed by atoms with Crippen molar-refractivity contribution in [2.24, 2.45) is 0 Å². The van der Waals surface area contributed by atoms with Gasteiger partial charge < -0.3 is 5.32 Å². The monoisotopic (exact) mass is 444 g/mol. The van der Waals surface area contributed by atoms with Crippen LogP contribution in [0.25, 0.3) is 17.1 Å². The summed E-state index contributed by atoms with van der Waals surface area (Å²) in [4.78, 5) is 1.45. The first-order valence-electron chi connectivity index (χ1n) is 10.2. The van der Waals surface area contributed by atoms with Crippen molar-refractivity contribution in [1.29, 1.82) is 0 Å². The smallest absolute Gasteiger partial charge is 0.242 e. The highest BCUT2D eigenvalue weighted by molar-refractivity contribution is 7.89. The number of nitrogens with zero attached hydrogens (tertiary/aromatic N) is 5. The summed E-state index contributed by atoms with van der Waals surface area (Å²) in [5.74, 6) is -0.0666. The highest BCUT2D eigenvalue weighted by Gasteiger charge is 2.23. The molecular formula is C21H25FN6O2S. The van der Waals surface area contributed by atoms with Crippen molar-refractivity contribution < 1.29 is 12.8 Å². The molecule has 0 aliphatic heterocycles. The minimum atomic E-state index is -3.63. The van der Waals surface area contributed by atoms with E-state index in [2.05, 4.69) is 20.7 Å². The lowest BCUT2D eigenvalue weighted by Gasteiger charge is -2.25. The maximum absolute atomic E-state index is 13.2. The van der Waals surface area contributed by atoms with E-state index in [1.165, 1.54) is 54.6 Å². The Bertz CT molecular complexity index is 1150. The number of tetrazole rings is 1. The first-order chi connectivity index (χ1) is 14.8. The molecule has 0 atom stereocenters. The fourth-order valence-corrected chi connectivity index (χ4v) is 4.61. The van der Waals surface area contributed by atoms with Gasteiger partial charge in [0, 0.05) is 31.4 Å². The second-order valence-corrected chi connectivity index (χ2v) is 10.0. The quantitative estimate of drug-likeness (QED) is 0.626. The van der Waals surface area contributed by atoms with Crippen molar-refractivity contribution in [1.82, 2.24) is 24.5 Å². The van der Waals surface area contributed by atoms with Crippen LogP contribution in [-0.4, -0.2) is 53.1 Å². The standard InChI is InChI=1S/C21H25FN6O2S/c1-27(2)31(29,30)18-12-13-20(23-16-6-4-3-5-7-16)19(14-18)21-24-26-28(25-21)17-10-8-15(22)9-11-17/h8-14,16,23H,3-7H2,1-2H3. The Labute approximate surface area is 181 Å². The van der Waals surface area contributed by atoms with Gasteiger partial charge in [0.2, 0.25) is 15.8 Å². The largest absolute Gasteiger partial charge is 0.382 e. The Kier molecular flexibility index (Phi) is 6.01. The highest BCUT2D eigenvalue weighted by Crippen LogP contribution is 2.31. The van der Waals surface area contributed by atoms with E-state index in [1.54, 1.807) is 30.3 Å². The first-order valence-corrected chi connectivity index (χ1v) is 11.7. The third-order valence-electron chi connectivity index (χ3n) is 5.45. The molecule has 1 aliphatic rings. The van der Waals surface area contributed by atoms with Crippen molar-refractivity contribution >= 4 is 15.7 Å². The summed E-state index contributed by atoms with van der Waals surface area (Å²) in [6.45, 7) is 0. The van der Waals surface area contributed by atoms with E-state index in [0.717, 1.165) is 18.5 Å². The lowest BCUT2D eigenvalue weighted by atomic mass is 9.95. The first kappa shape index (κ1) is 21.4. The molecule has 3 aromatic rings. The van der Waals surface area contributed by atoms with Gasteiger partial charge in [0.25, 0.3) is 0 Å². The molecule has 0 saturated heterocycles. The number of hydrogen-bond acceptors (Lipinski definition) is 6. The van der Waals surface area contributed by atoms with E-state index >= 15 is 0 Å². The number of sulfonamides is 1. The van der Waals surface area contributed by atoms with Gasteiger partial charge in [0.1, 0.15) is 5.82 Å². The molecule has 10 heteroatoms. The summed E-state index contributed by atoms with van der Waals surface area (Å²) >= 11 is 0. The maximum atomic E-state index is 13.2. The molecule has 4 rings (SSSR count). The third kappa shape index (κ3) is 4.59. The SMILES string of the molecule is CN(C)S(=O)(=O)c1ccc(NC2CCCCC2)c(-c2nnn(-c3ccc(F)cc3)n2)c1. The Morgan fingerprint density at radius 2 is 1.77 bits per heavy atom. The van der Waals surface area contributed by atoms with Gasteiger partial charge >= 0.3 is 0 Å². The second kappa shape index (κ2) is 8.72. The zero-order valence-corrected chi connectivity index (χ0v) is 18.3. The van der Waals surface area contributed by atoms with E-state index in [0.29, 0.717) is 23.1 Å². The number of halogens is 1. The average molecular weight is 445 g/mol. The highest BCUT2D eigenvalue weighted by atomic mass is 32.2. The minimum Gasteiger partial charge on any atom is -0.382 e. The molecule has 2 aromatic carbocycles. The van der Waals surface area contributed by atoms with Crippen molar-refractivity contribution in [3.8, 4) is 17.1 Å². The fraction of sp³-hybridized carbons (Fsp3) is 0.381. The van der Waals surface area contributed by atoms with Gasteiger partial charge in [-0.3, -0.25) is 0 Å². The van der Waals surface area contributed by atoms with Crippen molar-refractivity contribution in [2.45, 2.75) is 43.0 Å². The normalized spacial score (nSPS) is 15.4. The van der Waals surface area contributed by atoms with Gasteiger partial charge in [0.05, 0.1) is 10.6 Å². The van der Waals surface area contributed by atoms with Gasteiger partial charge in [-0.1, -0.05) is 19.3 Å². The van der Waals surface area contributed by atoms with Crippen LogP contribution in [0.5, 0.6) is 0 Å². The Morgan fingerprint density at radius 3 is 2.45 bits per heavy atom. The summed E-state index contributed by atoms with van der Waals surface area (Å²) in [5, 5.41) is 16.2. The van der Waals surface area contributed by atoms with Crippen LogP contribution in [0.3, 0.4) is 0 Å². The van der Waals surface area contributed by atoms with Crippen LogP contribution in [0.15, 0.2) is 47.4 Å². The molecule has 1 aromatic heterocycles. The molecule has 0 unspecified atom stereocenters. The fourth-order valence-electron chi connectivity index (χ4n) is 3.68. The number of anilines is 1. The predicted octanol–water partition coefficient (Wildman–Crippen LogP) is 3.46. The lowest BCUT2D eigenvalue weighted by Crippen LogP contribution is -2.24. The van der Waals surface area contributed by atoms with Crippen molar-refractivity contribution in [3.05, 3.63) is 48.3 Å². The summed E-state index contributed by atoms with van der Waals surface area (Å²) in [6.07, 6.45) is 5.69. The number of benzene rings is 2. The van der Waals surface area contributed by atoms with Crippen LogP contribution in [0, 0.1) is 5.82 Å². The van der Waals surface area contributed by atoms with Gasteiger partial charge in [-0.15, -0.1) is 15.0 Å². The Balaban J connectivity index is 1.75. The van der Waals surface area contributed by atoms with Gasteiger partial charge in [-0.05, 0) is 60.5 Å². The molecule has 0 spiro atoms. The average Bonchev–Trinajstić information content (AvgIpc) is 3.25. The van der Waals surface area contributed by atoms with Crippen LogP contribution in [0.2, 0.25) is 0 Å². The molecule has 0 bridgehead atoms. The molecule has 1 saturated carbocycles. The molecule has 1 fully saturated rings.